The third-order valence-electron chi connectivity index (χ3n) is 3.99. The van der Waals surface area contributed by atoms with Crippen LogP contribution in [0.5, 0.6) is 0 Å². The van der Waals surface area contributed by atoms with Crippen molar-refractivity contribution in [3.05, 3.63) is 64.0 Å². The van der Waals surface area contributed by atoms with E-state index >= 15 is 0 Å². The summed E-state index contributed by atoms with van der Waals surface area (Å²) in [6.07, 6.45) is 1.51. The second-order valence-electron chi connectivity index (χ2n) is 5.33. The van der Waals surface area contributed by atoms with Gasteiger partial charge in [-0.15, -0.1) is 0 Å². The zero-order valence-electron chi connectivity index (χ0n) is 13.3. The number of ketones is 1. The van der Waals surface area contributed by atoms with Crippen molar-refractivity contribution in [2.45, 2.75) is 27.7 Å². The summed E-state index contributed by atoms with van der Waals surface area (Å²) in [6.45, 7) is 7.63. The van der Waals surface area contributed by atoms with Crippen molar-refractivity contribution in [2.75, 3.05) is 6.61 Å². The van der Waals surface area contributed by atoms with E-state index in [-0.39, 0.29) is 18.1 Å². The van der Waals surface area contributed by atoms with Gasteiger partial charge >= 0.3 is 5.97 Å². The Balaban J connectivity index is 2.12. The van der Waals surface area contributed by atoms with Crippen molar-refractivity contribution < 1.29 is 14.3 Å². The lowest BCUT2D eigenvalue weighted by Gasteiger charge is -2.13. The lowest BCUT2D eigenvalue weighted by atomic mass is 9.93. The van der Waals surface area contributed by atoms with Crippen molar-refractivity contribution in [2.24, 2.45) is 0 Å². The highest BCUT2D eigenvalue weighted by Crippen LogP contribution is 2.21. The lowest BCUT2D eigenvalue weighted by molar-refractivity contribution is 0.0468. The number of Topliss-reactive ketones (excluding diaryl/α,β-unsaturated/α-hetero) is 1. The van der Waals surface area contributed by atoms with E-state index in [0.29, 0.717) is 5.56 Å². The molecular formula is C18H19NO3. The molecule has 0 aliphatic carbocycles. The first-order valence-electron chi connectivity index (χ1n) is 7.10. The highest BCUT2D eigenvalue weighted by molar-refractivity contribution is 6.00. The van der Waals surface area contributed by atoms with Crippen molar-refractivity contribution in [1.82, 2.24) is 4.98 Å². The van der Waals surface area contributed by atoms with E-state index in [4.69, 9.17) is 4.74 Å². The van der Waals surface area contributed by atoms with Crippen molar-refractivity contribution in [3.63, 3.8) is 0 Å². The van der Waals surface area contributed by atoms with E-state index in [1.54, 1.807) is 18.2 Å². The number of rotatable bonds is 4. The minimum Gasteiger partial charge on any atom is -0.453 e. The Morgan fingerprint density at radius 1 is 1.05 bits per heavy atom. The maximum absolute atomic E-state index is 12.3. The van der Waals surface area contributed by atoms with Gasteiger partial charge in [-0.2, -0.15) is 0 Å². The molecule has 0 atom stereocenters. The monoisotopic (exact) mass is 297 g/mol. The summed E-state index contributed by atoms with van der Waals surface area (Å²) < 4.78 is 5.06. The maximum Gasteiger partial charge on any atom is 0.357 e. The van der Waals surface area contributed by atoms with Crippen LogP contribution in [0.4, 0.5) is 0 Å². The fourth-order valence-corrected chi connectivity index (χ4v) is 2.27. The third kappa shape index (κ3) is 3.22. The molecule has 0 bridgehead atoms. The van der Waals surface area contributed by atoms with E-state index < -0.39 is 5.97 Å². The van der Waals surface area contributed by atoms with Crippen LogP contribution in [-0.4, -0.2) is 23.3 Å². The molecule has 1 heterocycles. The number of hydrogen-bond donors (Lipinski definition) is 0. The fraction of sp³-hybridized carbons (Fsp3) is 0.278. The molecule has 4 nitrogen and oxygen atoms in total. The van der Waals surface area contributed by atoms with Crippen LogP contribution >= 0.6 is 0 Å². The summed E-state index contributed by atoms with van der Waals surface area (Å²) in [4.78, 5) is 28.0. The number of pyridine rings is 1. The van der Waals surface area contributed by atoms with Gasteiger partial charge in [-0.1, -0.05) is 6.07 Å². The number of aryl methyl sites for hydroxylation is 1. The Morgan fingerprint density at radius 2 is 1.77 bits per heavy atom. The predicted molar refractivity (Wildman–Crippen MR) is 84.2 cm³/mol. The van der Waals surface area contributed by atoms with E-state index in [0.717, 1.165) is 16.7 Å². The van der Waals surface area contributed by atoms with Gasteiger partial charge in [0.05, 0.1) is 0 Å². The quantitative estimate of drug-likeness (QED) is 0.641. The van der Waals surface area contributed by atoms with E-state index in [2.05, 4.69) is 4.98 Å². The van der Waals surface area contributed by atoms with Crippen LogP contribution in [-0.2, 0) is 4.74 Å². The molecule has 114 valence electrons. The van der Waals surface area contributed by atoms with Gasteiger partial charge in [0.2, 0.25) is 5.78 Å². The zero-order valence-corrected chi connectivity index (χ0v) is 13.3. The SMILES string of the molecule is Cc1cc(C(=O)COC(=O)c2ccccn2)c(C)c(C)c1C. The molecule has 0 radical (unpaired) electrons. The van der Waals surface area contributed by atoms with Gasteiger partial charge in [-0.3, -0.25) is 4.79 Å². The summed E-state index contributed by atoms with van der Waals surface area (Å²) in [6, 6.07) is 6.82. The Labute approximate surface area is 130 Å². The molecule has 2 rings (SSSR count). The molecule has 0 amide bonds. The van der Waals surface area contributed by atoms with E-state index in [1.165, 1.54) is 11.8 Å². The average Bonchev–Trinajstić information content (AvgIpc) is 2.54. The first kappa shape index (κ1) is 15.9. The average molecular weight is 297 g/mol. The van der Waals surface area contributed by atoms with Gasteiger partial charge in [0, 0.05) is 11.8 Å². The molecule has 0 aliphatic rings. The Morgan fingerprint density at radius 3 is 2.41 bits per heavy atom. The molecule has 22 heavy (non-hydrogen) atoms. The van der Waals surface area contributed by atoms with Crippen LogP contribution in [0.3, 0.4) is 0 Å². The number of esters is 1. The summed E-state index contributed by atoms with van der Waals surface area (Å²) in [5.41, 5.74) is 5.07. The van der Waals surface area contributed by atoms with Gasteiger partial charge < -0.3 is 4.74 Å². The third-order valence-corrected chi connectivity index (χ3v) is 3.99. The molecule has 0 N–H and O–H groups in total. The number of hydrogen-bond acceptors (Lipinski definition) is 4. The van der Waals surface area contributed by atoms with Crippen LogP contribution in [0.25, 0.3) is 0 Å². The van der Waals surface area contributed by atoms with Gasteiger partial charge in [-0.05, 0) is 68.1 Å². The minimum atomic E-state index is -0.591. The Hall–Kier alpha value is -2.49. The molecule has 1 aromatic carbocycles. The van der Waals surface area contributed by atoms with Crippen molar-refractivity contribution >= 4 is 11.8 Å². The van der Waals surface area contributed by atoms with Crippen LogP contribution in [0.15, 0.2) is 30.5 Å². The molecule has 0 spiro atoms. The van der Waals surface area contributed by atoms with Crippen molar-refractivity contribution in [1.29, 1.82) is 0 Å². The molecular weight excluding hydrogens is 278 g/mol. The lowest BCUT2D eigenvalue weighted by Crippen LogP contribution is -2.16. The highest BCUT2D eigenvalue weighted by Gasteiger charge is 2.16. The topological polar surface area (TPSA) is 56.3 Å². The summed E-state index contributed by atoms with van der Waals surface area (Å²) in [5.74, 6) is -0.792. The second kappa shape index (κ2) is 6.52. The highest BCUT2D eigenvalue weighted by atomic mass is 16.5. The van der Waals surface area contributed by atoms with Gasteiger partial charge in [0.1, 0.15) is 5.69 Å². The maximum atomic E-state index is 12.3. The number of aromatic nitrogens is 1. The molecule has 0 fully saturated rings. The molecule has 4 heteroatoms. The smallest absolute Gasteiger partial charge is 0.357 e. The van der Waals surface area contributed by atoms with Crippen LogP contribution < -0.4 is 0 Å². The number of ether oxygens (including phenoxy) is 1. The van der Waals surface area contributed by atoms with Crippen molar-refractivity contribution in [3.8, 4) is 0 Å². The largest absolute Gasteiger partial charge is 0.453 e. The van der Waals surface area contributed by atoms with E-state index in [1.807, 2.05) is 33.8 Å². The normalized spacial score (nSPS) is 10.4. The van der Waals surface area contributed by atoms with E-state index in [9.17, 15) is 9.59 Å². The molecule has 0 aliphatic heterocycles. The Kier molecular flexibility index (Phi) is 4.71. The van der Waals surface area contributed by atoms with Crippen LogP contribution in [0, 0.1) is 27.7 Å². The molecule has 0 saturated heterocycles. The van der Waals surface area contributed by atoms with Crippen LogP contribution in [0.1, 0.15) is 43.1 Å². The summed E-state index contributed by atoms with van der Waals surface area (Å²) in [7, 11) is 0. The predicted octanol–water partition coefficient (Wildman–Crippen LogP) is 3.35. The van der Waals surface area contributed by atoms with Gasteiger partial charge in [0.15, 0.2) is 6.61 Å². The molecule has 1 aromatic heterocycles. The molecule has 0 saturated carbocycles. The fourth-order valence-electron chi connectivity index (χ4n) is 2.27. The number of carbonyl (C=O) groups excluding carboxylic acids is 2. The van der Waals surface area contributed by atoms with Crippen LogP contribution in [0.2, 0.25) is 0 Å². The Bertz CT molecular complexity index is 721. The minimum absolute atomic E-state index is 0.197. The van der Waals surface area contributed by atoms with Gasteiger partial charge in [0.25, 0.3) is 0 Å². The van der Waals surface area contributed by atoms with Gasteiger partial charge in [-0.25, -0.2) is 9.78 Å². The zero-order chi connectivity index (χ0) is 16.3. The number of nitrogens with zero attached hydrogens (tertiary/aromatic N) is 1. The first-order chi connectivity index (χ1) is 10.4. The summed E-state index contributed by atoms with van der Waals surface area (Å²) in [5, 5.41) is 0. The summed E-state index contributed by atoms with van der Waals surface area (Å²) >= 11 is 0. The second-order valence-corrected chi connectivity index (χ2v) is 5.33. The number of carbonyl (C=O) groups is 2. The standard InChI is InChI=1S/C18H19NO3/c1-11-9-15(14(4)13(3)12(11)2)17(20)10-22-18(21)16-7-5-6-8-19-16/h5-9H,10H2,1-4H3. The molecule has 0 unspecified atom stereocenters. The molecule has 2 aromatic rings. The first-order valence-corrected chi connectivity index (χ1v) is 7.10. The number of benzene rings is 1.